The van der Waals surface area contributed by atoms with Crippen LogP contribution in [0.3, 0.4) is 0 Å². The van der Waals surface area contributed by atoms with E-state index in [-0.39, 0.29) is 102 Å². The normalized spacial score (nSPS) is 15.5. The van der Waals surface area contributed by atoms with Crippen LogP contribution in [0.4, 0.5) is 0 Å². The van der Waals surface area contributed by atoms with Crippen LogP contribution in [-0.4, -0.2) is 283 Å². The van der Waals surface area contributed by atoms with Crippen molar-refractivity contribution in [2.45, 2.75) is 69.9 Å². The van der Waals surface area contributed by atoms with Gasteiger partial charge in [0.15, 0.2) is 17.9 Å². The van der Waals surface area contributed by atoms with Crippen molar-refractivity contribution in [3.63, 3.8) is 0 Å². The summed E-state index contributed by atoms with van der Waals surface area (Å²) < 4.78 is 40.3. The van der Waals surface area contributed by atoms with E-state index in [0.29, 0.717) is 98.2 Å². The lowest BCUT2D eigenvalue weighted by Crippen LogP contribution is -2.58. The Kier molecular flexibility index (Phi) is 32.9. The molecule has 3 fully saturated rings. The third-order valence-electron chi connectivity index (χ3n) is 12.8. The zero-order valence-electron chi connectivity index (χ0n) is 48.9. The van der Waals surface area contributed by atoms with Gasteiger partial charge in [0.2, 0.25) is 23.6 Å². The van der Waals surface area contributed by atoms with Gasteiger partial charge in [0.05, 0.1) is 79.3 Å². The third-order valence-corrected chi connectivity index (χ3v) is 12.8. The van der Waals surface area contributed by atoms with E-state index in [0.717, 1.165) is 62.7 Å². The molecule has 452 valence electrons. The van der Waals surface area contributed by atoms with Crippen molar-refractivity contribution in [1.82, 2.24) is 50.7 Å². The van der Waals surface area contributed by atoms with Gasteiger partial charge in [-0.3, -0.25) is 38.9 Å². The van der Waals surface area contributed by atoms with E-state index in [1.165, 1.54) is 0 Å². The molecule has 1 aromatic carbocycles. The maximum atomic E-state index is 13.8. The smallest absolute Gasteiger partial charge is 0.306 e. The fourth-order valence-corrected chi connectivity index (χ4v) is 8.68. The summed E-state index contributed by atoms with van der Waals surface area (Å²) in [6.07, 6.45) is 2.25. The molecular formula is C55H95N13O12. The standard InChI is InChI=1S/C55H95N13O12/c1-63(2)52(66-27-36-74-37-28-66)59-24-11-21-56-47(69)18-33-77-43-55(62-50(72)16-10-17-51(73)80-42-46-14-8-7-9-15-46,44-78-34-19-48(70)57-22-12-25-60-53(64(3)4)67-29-38-75-39-30-67)45-79-35-20-49(71)58-23-13-26-61-54(65(5)6)68-31-40-76-41-32-68/h7-9,14-15H,10-13,16-45H2,1-6H3,(H,56,69)(H,57,70)(H,58,71)(H,62,72)/b59-52+,60-53+,61-54+. The Labute approximate surface area is 474 Å². The van der Waals surface area contributed by atoms with Crippen LogP contribution >= 0.6 is 0 Å². The predicted molar refractivity (Wildman–Crippen MR) is 305 cm³/mol. The molecule has 80 heavy (non-hydrogen) atoms. The quantitative estimate of drug-likeness (QED) is 0.0312. The maximum absolute atomic E-state index is 13.8. The molecule has 0 unspecified atom stereocenters. The minimum Gasteiger partial charge on any atom is -0.461 e. The Morgan fingerprint density at radius 1 is 0.500 bits per heavy atom. The molecule has 4 N–H and O–H groups in total. The predicted octanol–water partition coefficient (Wildman–Crippen LogP) is 0.243. The molecule has 0 aromatic heterocycles. The first kappa shape index (κ1) is 66.7. The Morgan fingerprint density at radius 3 is 1.21 bits per heavy atom. The highest BCUT2D eigenvalue weighted by Gasteiger charge is 2.34. The molecule has 0 atom stereocenters. The van der Waals surface area contributed by atoms with Crippen LogP contribution in [-0.2, 0) is 63.7 Å². The number of hydrogen-bond acceptors (Lipinski definition) is 15. The molecule has 0 bridgehead atoms. The summed E-state index contributed by atoms with van der Waals surface area (Å²) in [5.41, 5.74) is -0.464. The number of guanidine groups is 3. The number of hydrogen-bond donors (Lipinski definition) is 4. The lowest BCUT2D eigenvalue weighted by atomic mass is 10.0. The first-order valence-corrected chi connectivity index (χ1v) is 28.4. The van der Waals surface area contributed by atoms with Gasteiger partial charge in [-0.2, -0.15) is 0 Å². The van der Waals surface area contributed by atoms with E-state index in [9.17, 15) is 24.0 Å². The number of carbonyl (C=O) groups excluding carboxylic acids is 5. The Balaban J connectivity index is 1.35. The fraction of sp³-hybridized carbons (Fsp3) is 0.745. The summed E-state index contributed by atoms with van der Waals surface area (Å²) in [5, 5.41) is 11.9. The minimum absolute atomic E-state index is 0.0144. The number of aliphatic imine (C=N–C) groups is 3. The summed E-state index contributed by atoms with van der Waals surface area (Å²) in [5.74, 6) is 1.19. The molecule has 0 aliphatic carbocycles. The molecule has 1 aromatic rings. The van der Waals surface area contributed by atoms with Crippen molar-refractivity contribution in [3.05, 3.63) is 35.9 Å². The first-order valence-electron chi connectivity index (χ1n) is 28.4. The van der Waals surface area contributed by atoms with Gasteiger partial charge in [-0.25, -0.2) is 0 Å². The molecule has 3 aliphatic heterocycles. The monoisotopic (exact) mass is 1130 g/mol. The summed E-state index contributed by atoms with van der Waals surface area (Å²) in [6.45, 7) is 11.2. The fourth-order valence-electron chi connectivity index (χ4n) is 8.68. The number of ether oxygens (including phenoxy) is 7. The SMILES string of the molecule is CN(C)/C(=N\CCCNC(=O)CCOCC(COCCC(=O)NCCC/N=C(\N(C)C)N1CCOCC1)(COCCC(=O)NCCC/N=C(\N(C)C)N1CCOCC1)NC(=O)CCCC(=O)OCc1ccccc1)N1CCOCC1. The second-order valence-corrected chi connectivity index (χ2v) is 20.4. The topological polar surface area (TPSA) is 255 Å². The molecule has 4 rings (SSSR count). The molecule has 0 saturated carbocycles. The number of esters is 1. The summed E-state index contributed by atoms with van der Waals surface area (Å²) in [6, 6.07) is 9.33. The Bertz CT molecular complexity index is 1870. The molecule has 25 heteroatoms. The van der Waals surface area contributed by atoms with Crippen molar-refractivity contribution >= 4 is 47.5 Å². The number of nitrogens with one attached hydrogen (secondary N) is 4. The third kappa shape index (κ3) is 28.0. The van der Waals surface area contributed by atoms with Crippen molar-refractivity contribution < 1.29 is 57.1 Å². The average molecular weight is 1130 g/mol. The maximum Gasteiger partial charge on any atom is 0.306 e. The van der Waals surface area contributed by atoms with Crippen molar-refractivity contribution in [2.24, 2.45) is 15.0 Å². The summed E-state index contributed by atoms with van der Waals surface area (Å²) >= 11 is 0. The summed E-state index contributed by atoms with van der Waals surface area (Å²) in [7, 11) is 11.8. The van der Waals surface area contributed by atoms with Gasteiger partial charge < -0.3 is 83.8 Å². The number of benzene rings is 1. The lowest BCUT2D eigenvalue weighted by Gasteiger charge is -2.34. The minimum atomic E-state index is -1.32. The highest BCUT2D eigenvalue weighted by atomic mass is 16.5. The van der Waals surface area contributed by atoms with Crippen molar-refractivity contribution in [1.29, 1.82) is 0 Å². The van der Waals surface area contributed by atoms with Crippen LogP contribution in [0.25, 0.3) is 0 Å². The Morgan fingerprint density at radius 2 is 0.863 bits per heavy atom. The zero-order chi connectivity index (χ0) is 57.6. The van der Waals surface area contributed by atoms with Gasteiger partial charge in [0, 0.05) is 153 Å². The van der Waals surface area contributed by atoms with Crippen LogP contribution < -0.4 is 21.3 Å². The van der Waals surface area contributed by atoms with E-state index < -0.39 is 17.4 Å². The van der Waals surface area contributed by atoms with E-state index in [4.69, 9.17) is 48.1 Å². The van der Waals surface area contributed by atoms with Gasteiger partial charge >= 0.3 is 5.97 Å². The van der Waals surface area contributed by atoms with Crippen molar-refractivity contribution in [3.8, 4) is 0 Å². The van der Waals surface area contributed by atoms with Gasteiger partial charge in [0.25, 0.3) is 0 Å². The van der Waals surface area contributed by atoms with E-state index in [1.54, 1.807) is 0 Å². The number of morpholine rings is 3. The van der Waals surface area contributed by atoms with Crippen LogP contribution in [0.2, 0.25) is 0 Å². The lowest BCUT2D eigenvalue weighted by molar-refractivity contribution is -0.145. The van der Waals surface area contributed by atoms with Crippen LogP contribution in [0.15, 0.2) is 45.3 Å². The first-order chi connectivity index (χ1) is 38.7. The molecule has 25 nitrogen and oxygen atoms in total. The molecular weight excluding hydrogens is 1030 g/mol. The van der Waals surface area contributed by atoms with E-state index in [1.807, 2.05) is 87.3 Å². The highest BCUT2D eigenvalue weighted by Crippen LogP contribution is 2.13. The number of amides is 4. The van der Waals surface area contributed by atoms with Crippen LogP contribution in [0.1, 0.15) is 63.4 Å². The van der Waals surface area contributed by atoms with Crippen LogP contribution in [0, 0.1) is 0 Å². The van der Waals surface area contributed by atoms with Gasteiger partial charge in [-0.15, -0.1) is 0 Å². The second kappa shape index (κ2) is 39.5. The zero-order valence-corrected chi connectivity index (χ0v) is 48.9. The van der Waals surface area contributed by atoms with E-state index in [2.05, 4.69) is 36.0 Å². The summed E-state index contributed by atoms with van der Waals surface area (Å²) in [4.78, 5) is 92.3. The van der Waals surface area contributed by atoms with Crippen LogP contribution in [0.5, 0.6) is 0 Å². The van der Waals surface area contributed by atoms with Gasteiger partial charge in [-0.05, 0) is 31.2 Å². The molecule has 0 spiro atoms. The number of nitrogens with zero attached hydrogens (tertiary/aromatic N) is 9. The Hall–Kier alpha value is -5.86. The highest BCUT2D eigenvalue weighted by molar-refractivity contribution is 5.81. The van der Waals surface area contributed by atoms with Gasteiger partial charge in [-0.1, -0.05) is 30.3 Å². The number of carbonyl (C=O) groups is 5. The molecule has 3 saturated heterocycles. The van der Waals surface area contributed by atoms with Crippen molar-refractivity contribution in [2.75, 3.05) is 200 Å². The molecule has 4 amide bonds. The second-order valence-electron chi connectivity index (χ2n) is 20.4. The van der Waals surface area contributed by atoms with E-state index >= 15 is 0 Å². The van der Waals surface area contributed by atoms with Gasteiger partial charge in [0.1, 0.15) is 12.1 Å². The number of rotatable bonds is 34. The average Bonchev–Trinajstić information content (AvgIpc) is 3.45. The molecule has 3 heterocycles. The molecule has 3 aliphatic rings. The largest absolute Gasteiger partial charge is 0.461 e. The molecule has 0 radical (unpaired) electrons.